The average Bonchev–Trinajstić information content (AvgIpc) is 2.16. The Hall–Kier alpha value is -1.71. The van der Waals surface area contributed by atoms with E-state index in [-0.39, 0.29) is 11.1 Å². The monoisotopic (exact) mass is 198 g/mol. The molecule has 0 unspecified atom stereocenters. The van der Waals surface area contributed by atoms with Gasteiger partial charge < -0.3 is 5.11 Å². The molecule has 2 aromatic rings. The van der Waals surface area contributed by atoms with E-state index in [4.69, 9.17) is 0 Å². The van der Waals surface area contributed by atoms with Crippen molar-refractivity contribution >= 4 is 10.8 Å². The third-order valence-corrected chi connectivity index (χ3v) is 2.00. The lowest BCUT2D eigenvalue weighted by Gasteiger charge is -2.03. The maximum atomic E-state index is 13.1. The third kappa shape index (κ3) is 1.11. The summed E-state index contributed by atoms with van der Waals surface area (Å²) < 4.78 is 38.9. The molecule has 0 atom stereocenters. The number of hydrogen-bond donors (Lipinski definition) is 1. The standard InChI is InChI=1S/C10H5F3O/c11-6-3-4-8(14)5-1-2-7(12)10(13)9(5)6/h1-4,14H. The van der Waals surface area contributed by atoms with Crippen LogP contribution in [0, 0.1) is 17.5 Å². The quantitative estimate of drug-likeness (QED) is 0.689. The number of rotatable bonds is 0. The van der Waals surface area contributed by atoms with Crippen molar-refractivity contribution in [1.82, 2.24) is 0 Å². The minimum absolute atomic E-state index is 0.0381. The van der Waals surface area contributed by atoms with E-state index in [0.717, 1.165) is 24.3 Å². The van der Waals surface area contributed by atoms with Gasteiger partial charge in [-0.1, -0.05) is 0 Å². The molecule has 0 aliphatic heterocycles. The number of phenolic OH excluding ortho intramolecular Hbond substituents is 1. The highest BCUT2D eigenvalue weighted by molar-refractivity contribution is 5.89. The minimum Gasteiger partial charge on any atom is -0.507 e. The summed E-state index contributed by atoms with van der Waals surface area (Å²) in [6, 6.07) is 3.96. The number of aromatic hydroxyl groups is 1. The van der Waals surface area contributed by atoms with Crippen molar-refractivity contribution in [2.45, 2.75) is 0 Å². The number of fused-ring (bicyclic) bond motifs is 1. The minimum atomic E-state index is -1.28. The van der Waals surface area contributed by atoms with Gasteiger partial charge in [-0.25, -0.2) is 13.2 Å². The predicted octanol–water partition coefficient (Wildman–Crippen LogP) is 2.96. The van der Waals surface area contributed by atoms with Crippen LogP contribution in [0.1, 0.15) is 0 Å². The van der Waals surface area contributed by atoms with Crippen LogP contribution in [0.3, 0.4) is 0 Å². The van der Waals surface area contributed by atoms with Crippen LogP contribution in [0.5, 0.6) is 5.75 Å². The van der Waals surface area contributed by atoms with Crippen molar-refractivity contribution in [2.75, 3.05) is 0 Å². The molecule has 0 heterocycles. The largest absolute Gasteiger partial charge is 0.507 e. The van der Waals surface area contributed by atoms with Gasteiger partial charge in [0.25, 0.3) is 0 Å². The molecule has 0 aromatic heterocycles. The van der Waals surface area contributed by atoms with Crippen LogP contribution < -0.4 is 0 Å². The van der Waals surface area contributed by atoms with E-state index in [1.165, 1.54) is 0 Å². The SMILES string of the molecule is Oc1ccc(F)c2c(F)c(F)ccc12. The van der Waals surface area contributed by atoms with Crippen LogP contribution in [-0.4, -0.2) is 5.11 Å². The summed E-state index contributed by atoms with van der Waals surface area (Å²) in [7, 11) is 0. The van der Waals surface area contributed by atoms with Crippen molar-refractivity contribution in [1.29, 1.82) is 0 Å². The Morgan fingerprint density at radius 3 is 2.21 bits per heavy atom. The summed E-state index contributed by atoms with van der Waals surface area (Å²) in [5.41, 5.74) is 0. The molecule has 14 heavy (non-hydrogen) atoms. The van der Waals surface area contributed by atoms with Gasteiger partial charge in [0, 0.05) is 5.39 Å². The molecule has 0 amide bonds. The van der Waals surface area contributed by atoms with Gasteiger partial charge in [0.15, 0.2) is 11.6 Å². The second-order valence-corrected chi connectivity index (χ2v) is 2.85. The molecule has 4 heteroatoms. The van der Waals surface area contributed by atoms with Crippen molar-refractivity contribution in [2.24, 2.45) is 0 Å². The second-order valence-electron chi connectivity index (χ2n) is 2.85. The van der Waals surface area contributed by atoms with Gasteiger partial charge in [-0.3, -0.25) is 0 Å². The summed E-state index contributed by atoms with van der Waals surface area (Å²) in [6.45, 7) is 0. The molecule has 1 nitrogen and oxygen atoms in total. The molecule has 2 rings (SSSR count). The van der Waals surface area contributed by atoms with Crippen molar-refractivity contribution in [3.63, 3.8) is 0 Å². The zero-order chi connectivity index (χ0) is 10.3. The molecule has 1 N–H and O–H groups in total. The van der Waals surface area contributed by atoms with E-state index in [0.29, 0.717) is 0 Å². The van der Waals surface area contributed by atoms with Crippen LogP contribution in [-0.2, 0) is 0 Å². The number of phenols is 1. The smallest absolute Gasteiger partial charge is 0.169 e. The van der Waals surface area contributed by atoms with Gasteiger partial charge in [-0.2, -0.15) is 0 Å². The molecule has 0 saturated carbocycles. The summed E-state index contributed by atoms with van der Waals surface area (Å²) in [5, 5.41) is 8.69. The number of hydrogen-bond acceptors (Lipinski definition) is 1. The number of benzene rings is 2. The first kappa shape index (κ1) is 8.87. The van der Waals surface area contributed by atoms with Crippen LogP contribution in [0.25, 0.3) is 10.8 Å². The van der Waals surface area contributed by atoms with Gasteiger partial charge >= 0.3 is 0 Å². The molecule has 0 aliphatic carbocycles. The molecule has 0 bridgehead atoms. The van der Waals surface area contributed by atoms with Crippen LogP contribution >= 0.6 is 0 Å². The molecular weight excluding hydrogens is 193 g/mol. The summed E-state index contributed by atoms with van der Waals surface area (Å²) >= 11 is 0. The van der Waals surface area contributed by atoms with Crippen LogP contribution in [0.4, 0.5) is 13.2 Å². The van der Waals surface area contributed by atoms with E-state index in [1.54, 1.807) is 0 Å². The zero-order valence-electron chi connectivity index (χ0n) is 6.89. The maximum absolute atomic E-state index is 13.1. The normalized spacial score (nSPS) is 10.8. The first-order valence-electron chi connectivity index (χ1n) is 3.86. The highest BCUT2D eigenvalue weighted by atomic mass is 19.2. The molecule has 0 radical (unpaired) electrons. The van der Waals surface area contributed by atoms with E-state index in [2.05, 4.69) is 0 Å². The Morgan fingerprint density at radius 1 is 0.857 bits per heavy atom. The summed E-state index contributed by atoms with van der Waals surface area (Å²) in [4.78, 5) is 0. The van der Waals surface area contributed by atoms with Crippen molar-refractivity contribution < 1.29 is 18.3 Å². The van der Waals surface area contributed by atoms with Crippen LogP contribution in [0.2, 0.25) is 0 Å². The first-order valence-corrected chi connectivity index (χ1v) is 3.86. The van der Waals surface area contributed by atoms with Gasteiger partial charge in [0.2, 0.25) is 0 Å². The van der Waals surface area contributed by atoms with Crippen molar-refractivity contribution in [3.8, 4) is 5.75 Å². The highest BCUT2D eigenvalue weighted by Gasteiger charge is 2.13. The molecule has 0 aliphatic rings. The first-order chi connectivity index (χ1) is 6.61. The fourth-order valence-corrected chi connectivity index (χ4v) is 1.32. The summed E-state index contributed by atoms with van der Waals surface area (Å²) in [5.74, 6) is -3.59. The highest BCUT2D eigenvalue weighted by Crippen LogP contribution is 2.29. The van der Waals surface area contributed by atoms with Crippen LogP contribution in [0.15, 0.2) is 24.3 Å². The van der Waals surface area contributed by atoms with E-state index in [9.17, 15) is 18.3 Å². The fraction of sp³-hybridized carbons (Fsp3) is 0. The van der Waals surface area contributed by atoms with E-state index < -0.39 is 22.8 Å². The number of halogens is 3. The molecular formula is C10H5F3O. The Labute approximate surface area is 77.4 Å². The van der Waals surface area contributed by atoms with Gasteiger partial charge in [-0.05, 0) is 24.3 Å². The fourth-order valence-electron chi connectivity index (χ4n) is 1.32. The average molecular weight is 198 g/mol. The van der Waals surface area contributed by atoms with E-state index >= 15 is 0 Å². The maximum Gasteiger partial charge on any atom is 0.169 e. The van der Waals surface area contributed by atoms with Crippen molar-refractivity contribution in [3.05, 3.63) is 41.7 Å². The zero-order valence-corrected chi connectivity index (χ0v) is 6.89. The lowest BCUT2D eigenvalue weighted by molar-refractivity contribution is 0.477. The summed E-state index contributed by atoms with van der Waals surface area (Å²) in [6.07, 6.45) is 0. The van der Waals surface area contributed by atoms with Gasteiger partial charge in [0.05, 0.1) is 5.39 Å². The Balaban J connectivity index is 3.01. The second kappa shape index (κ2) is 2.90. The van der Waals surface area contributed by atoms with Gasteiger partial charge in [-0.15, -0.1) is 0 Å². The Kier molecular flexibility index (Phi) is 1.84. The van der Waals surface area contributed by atoms with E-state index in [1.807, 2.05) is 0 Å². The lowest BCUT2D eigenvalue weighted by Crippen LogP contribution is -1.89. The molecule has 72 valence electrons. The Bertz CT molecular complexity index is 508. The predicted molar refractivity (Wildman–Crippen MR) is 45.5 cm³/mol. The molecule has 0 spiro atoms. The molecule has 0 saturated heterocycles. The topological polar surface area (TPSA) is 20.2 Å². The third-order valence-electron chi connectivity index (χ3n) is 2.00. The lowest BCUT2D eigenvalue weighted by atomic mass is 10.1. The van der Waals surface area contributed by atoms with Gasteiger partial charge in [0.1, 0.15) is 11.6 Å². The molecule has 2 aromatic carbocycles. The molecule has 0 fully saturated rings. The Morgan fingerprint density at radius 2 is 1.50 bits per heavy atom.